The van der Waals surface area contributed by atoms with Crippen molar-refractivity contribution in [2.24, 2.45) is 0 Å². The largest absolute Gasteiger partial charge is 0.471 e. The van der Waals surface area contributed by atoms with Gasteiger partial charge >= 0.3 is 18.7 Å². The molecule has 1 heterocycles. The lowest BCUT2D eigenvalue weighted by atomic mass is 10.1. The molecule has 0 fully saturated rings. The van der Waals surface area contributed by atoms with E-state index in [4.69, 9.17) is 0 Å². The molecule has 0 aliphatic heterocycles. The molecule has 1 aromatic heterocycles. The van der Waals surface area contributed by atoms with Crippen molar-refractivity contribution in [3.63, 3.8) is 0 Å². The van der Waals surface area contributed by atoms with E-state index in [1.54, 1.807) is 0 Å². The van der Waals surface area contributed by atoms with E-state index >= 15 is 0 Å². The van der Waals surface area contributed by atoms with Crippen molar-refractivity contribution in [3.8, 4) is 11.4 Å². The Morgan fingerprint density at radius 1 is 1.25 bits per heavy atom. The molecule has 1 N–H and O–H groups in total. The highest BCUT2D eigenvalue weighted by atomic mass is 19.4. The molecule has 0 bridgehead atoms. The van der Waals surface area contributed by atoms with Gasteiger partial charge in [-0.25, -0.2) is 0 Å². The summed E-state index contributed by atoms with van der Waals surface area (Å²) >= 11 is 0. The van der Waals surface area contributed by atoms with Gasteiger partial charge in [0, 0.05) is 12.1 Å². The minimum absolute atomic E-state index is 0.0335. The van der Waals surface area contributed by atoms with Crippen LogP contribution in [0.25, 0.3) is 11.4 Å². The van der Waals surface area contributed by atoms with Crippen LogP contribution >= 0.6 is 0 Å². The molecule has 1 aromatic carbocycles. The third kappa shape index (κ3) is 4.98. The average molecular weight is 351 g/mol. The quantitative estimate of drug-likeness (QED) is 0.810. The molecule has 0 aliphatic rings. The zero-order valence-electron chi connectivity index (χ0n) is 11.8. The third-order valence-electron chi connectivity index (χ3n) is 2.71. The summed E-state index contributed by atoms with van der Waals surface area (Å²) in [6, 6.07) is 5.88. The van der Waals surface area contributed by atoms with Gasteiger partial charge in [-0.15, -0.1) is 0 Å². The molecule has 24 heavy (non-hydrogen) atoms. The lowest BCUT2D eigenvalue weighted by molar-refractivity contribution is -0.159. The van der Waals surface area contributed by atoms with E-state index in [1.165, 1.54) is 24.3 Å². The normalized spacial score (nSPS) is 11.8. The molecule has 0 atom stereocenters. The number of halogens is 5. The minimum atomic E-state index is -4.73. The predicted octanol–water partition coefficient (Wildman–Crippen LogP) is 2.61. The number of nitrogens with zero attached hydrogens (tertiary/aromatic N) is 2. The van der Waals surface area contributed by atoms with Crippen molar-refractivity contribution in [1.82, 2.24) is 15.5 Å². The van der Waals surface area contributed by atoms with E-state index in [2.05, 4.69) is 24.7 Å². The van der Waals surface area contributed by atoms with Gasteiger partial charge in [-0.1, -0.05) is 29.4 Å². The molecule has 2 rings (SSSR count). The molecule has 0 spiro atoms. The monoisotopic (exact) mass is 351 g/mol. The highest BCUT2D eigenvalue weighted by Crippen LogP contribution is 2.29. The van der Waals surface area contributed by atoms with Crippen molar-refractivity contribution >= 4 is 5.91 Å². The Morgan fingerprint density at radius 2 is 1.92 bits per heavy atom. The fraction of sp³-hybridized carbons (Fsp3) is 0.308. The summed E-state index contributed by atoms with van der Waals surface area (Å²) in [5, 5.41) is 5.58. The maximum absolute atomic E-state index is 12.4. The number of benzene rings is 1. The van der Waals surface area contributed by atoms with Crippen LogP contribution in [0.1, 0.15) is 11.5 Å². The van der Waals surface area contributed by atoms with Crippen LogP contribution in [-0.4, -0.2) is 29.3 Å². The molecule has 2 aromatic rings. The van der Waals surface area contributed by atoms with Gasteiger partial charge in [0.15, 0.2) is 0 Å². The van der Waals surface area contributed by atoms with Gasteiger partial charge in [0.1, 0.15) is 6.61 Å². The third-order valence-corrected chi connectivity index (χ3v) is 2.71. The Bertz CT molecular complexity index is 685. The summed E-state index contributed by atoms with van der Waals surface area (Å²) < 4.78 is 68.6. The molecule has 11 heteroatoms. The van der Waals surface area contributed by atoms with Crippen molar-refractivity contribution in [1.29, 1.82) is 0 Å². The number of amides is 1. The number of nitrogens with one attached hydrogen (secondary N) is 1. The van der Waals surface area contributed by atoms with Crippen molar-refractivity contribution in [2.75, 3.05) is 6.61 Å². The Morgan fingerprint density at radius 3 is 2.46 bits per heavy atom. The number of carbonyl (C=O) groups excluding carboxylic acids is 1. The van der Waals surface area contributed by atoms with Crippen LogP contribution in [-0.2, 0) is 22.3 Å². The Balaban J connectivity index is 1.93. The number of aromatic nitrogens is 2. The van der Waals surface area contributed by atoms with E-state index in [0.29, 0.717) is 5.56 Å². The minimum Gasteiger partial charge on any atom is -0.350 e. The summed E-state index contributed by atoms with van der Waals surface area (Å²) in [5.41, 5.74) is 0.869. The maximum atomic E-state index is 12.4. The number of ether oxygens (including phenoxy) is 1. The maximum Gasteiger partial charge on any atom is 0.471 e. The Labute approximate surface area is 131 Å². The molecule has 0 aliphatic carbocycles. The van der Waals surface area contributed by atoms with Gasteiger partial charge in [0.25, 0.3) is 0 Å². The fourth-order valence-corrected chi connectivity index (χ4v) is 1.62. The van der Waals surface area contributed by atoms with Gasteiger partial charge in [-0.3, -0.25) is 4.79 Å². The molecular formula is C13H10F5N3O3. The SMILES string of the molecule is O=C(COC(F)F)NCc1ccc(-c2noc(C(F)(F)F)n2)cc1. The highest BCUT2D eigenvalue weighted by molar-refractivity contribution is 5.77. The lowest BCUT2D eigenvalue weighted by Gasteiger charge is -2.06. The van der Waals surface area contributed by atoms with Gasteiger partial charge in [-0.2, -0.15) is 26.9 Å². The Kier molecular flexibility index (Phi) is 5.44. The predicted molar refractivity (Wildman–Crippen MR) is 68.5 cm³/mol. The molecule has 0 unspecified atom stereocenters. The summed E-state index contributed by atoms with van der Waals surface area (Å²) in [6.07, 6.45) is -4.73. The molecular weight excluding hydrogens is 341 g/mol. The number of hydrogen-bond acceptors (Lipinski definition) is 5. The number of alkyl halides is 5. The van der Waals surface area contributed by atoms with Crippen LogP contribution < -0.4 is 5.32 Å². The zero-order valence-corrected chi connectivity index (χ0v) is 11.8. The van der Waals surface area contributed by atoms with Gasteiger partial charge < -0.3 is 14.6 Å². The van der Waals surface area contributed by atoms with Crippen LogP contribution in [0.3, 0.4) is 0 Å². The molecule has 0 radical (unpaired) electrons. The number of carbonyl (C=O) groups is 1. The van der Waals surface area contributed by atoms with Gasteiger partial charge in [0.05, 0.1) is 0 Å². The van der Waals surface area contributed by atoms with Crippen LogP contribution in [0.5, 0.6) is 0 Å². The summed E-state index contributed by atoms with van der Waals surface area (Å²) in [6.45, 7) is -3.78. The average Bonchev–Trinajstić information content (AvgIpc) is 3.01. The molecule has 1 amide bonds. The van der Waals surface area contributed by atoms with Crippen molar-refractivity contribution < 1.29 is 36.0 Å². The molecule has 6 nitrogen and oxygen atoms in total. The van der Waals surface area contributed by atoms with Gasteiger partial charge in [0.2, 0.25) is 11.7 Å². The first kappa shape index (κ1) is 17.8. The highest BCUT2D eigenvalue weighted by Gasteiger charge is 2.38. The first-order chi connectivity index (χ1) is 11.3. The van der Waals surface area contributed by atoms with E-state index in [9.17, 15) is 26.7 Å². The van der Waals surface area contributed by atoms with Crippen molar-refractivity contribution in [2.45, 2.75) is 19.3 Å². The number of rotatable bonds is 6. The standard InChI is InChI=1S/C13H10F5N3O3/c14-12(15)23-6-9(22)19-5-7-1-3-8(4-2-7)10-20-11(24-21-10)13(16,17)18/h1-4,12H,5-6H2,(H,19,22). The molecule has 0 saturated heterocycles. The fourth-order valence-electron chi connectivity index (χ4n) is 1.62. The van der Waals surface area contributed by atoms with E-state index in [0.717, 1.165) is 0 Å². The first-order valence-corrected chi connectivity index (χ1v) is 6.42. The number of hydrogen-bond donors (Lipinski definition) is 1. The lowest BCUT2D eigenvalue weighted by Crippen LogP contribution is -2.27. The summed E-state index contributed by atoms with van der Waals surface area (Å²) in [7, 11) is 0. The zero-order chi connectivity index (χ0) is 17.7. The van der Waals surface area contributed by atoms with Crippen LogP contribution in [0.2, 0.25) is 0 Å². The van der Waals surface area contributed by atoms with Crippen LogP contribution in [0.4, 0.5) is 22.0 Å². The summed E-state index contributed by atoms with van der Waals surface area (Å²) in [4.78, 5) is 14.4. The first-order valence-electron chi connectivity index (χ1n) is 6.42. The summed E-state index contributed by atoms with van der Waals surface area (Å²) in [5.74, 6) is -2.41. The van der Waals surface area contributed by atoms with E-state index in [1.807, 2.05) is 0 Å². The van der Waals surface area contributed by atoms with E-state index in [-0.39, 0.29) is 17.9 Å². The molecule has 0 saturated carbocycles. The topological polar surface area (TPSA) is 77.2 Å². The van der Waals surface area contributed by atoms with Crippen LogP contribution in [0, 0.1) is 0 Å². The second-order valence-electron chi connectivity index (χ2n) is 4.47. The Hall–Kier alpha value is -2.56. The van der Waals surface area contributed by atoms with Crippen molar-refractivity contribution in [3.05, 3.63) is 35.7 Å². The van der Waals surface area contributed by atoms with E-state index < -0.39 is 31.2 Å². The van der Waals surface area contributed by atoms with Crippen LogP contribution in [0.15, 0.2) is 28.8 Å². The molecule has 130 valence electrons. The smallest absolute Gasteiger partial charge is 0.350 e. The second-order valence-corrected chi connectivity index (χ2v) is 4.47. The van der Waals surface area contributed by atoms with Gasteiger partial charge in [-0.05, 0) is 5.56 Å². The second kappa shape index (κ2) is 7.34.